The van der Waals surface area contributed by atoms with E-state index in [2.05, 4.69) is 22.2 Å². The molecule has 122 valence electrons. The van der Waals surface area contributed by atoms with Gasteiger partial charge >= 0.3 is 0 Å². The normalized spacial score (nSPS) is 17.4. The van der Waals surface area contributed by atoms with Gasteiger partial charge in [-0.3, -0.25) is 9.48 Å². The lowest BCUT2D eigenvalue weighted by atomic mass is 10.0. The summed E-state index contributed by atoms with van der Waals surface area (Å²) in [6, 6.07) is 8.27. The van der Waals surface area contributed by atoms with Crippen LogP contribution in [-0.2, 0) is 11.3 Å². The molecule has 0 saturated carbocycles. The Bertz CT molecular complexity index is 625. The van der Waals surface area contributed by atoms with E-state index < -0.39 is 0 Å². The van der Waals surface area contributed by atoms with E-state index in [1.165, 1.54) is 11.9 Å². The van der Waals surface area contributed by atoms with Gasteiger partial charge in [0.05, 0.1) is 19.2 Å². The molecule has 1 amide bonds. The van der Waals surface area contributed by atoms with Gasteiger partial charge in [0.15, 0.2) is 0 Å². The Hall–Kier alpha value is -2.37. The fourth-order valence-corrected chi connectivity index (χ4v) is 3.07. The van der Waals surface area contributed by atoms with Gasteiger partial charge in [-0.2, -0.15) is 5.10 Å². The second kappa shape index (κ2) is 7.26. The number of aryl methyl sites for hydroxylation is 1. The third kappa shape index (κ3) is 3.70. The number of hydrogen-bond acceptors (Lipinski definition) is 4. The Labute approximate surface area is 136 Å². The highest BCUT2D eigenvalue weighted by Gasteiger charge is 2.29. The molecule has 0 unspecified atom stereocenters. The van der Waals surface area contributed by atoms with Crippen LogP contribution in [0.3, 0.4) is 0 Å². The van der Waals surface area contributed by atoms with Crippen LogP contribution in [-0.4, -0.2) is 38.7 Å². The minimum absolute atomic E-state index is 0.175. The smallest absolute Gasteiger partial charge is 0.224 e. The van der Waals surface area contributed by atoms with Gasteiger partial charge in [0.25, 0.3) is 0 Å². The maximum absolute atomic E-state index is 12.5. The van der Waals surface area contributed by atoms with Crippen LogP contribution in [0, 0.1) is 0 Å². The number of hydrogen-bond donors (Lipinski definition) is 0. The molecule has 0 bridgehead atoms. The van der Waals surface area contributed by atoms with Crippen molar-refractivity contribution in [3.8, 4) is 5.75 Å². The van der Waals surface area contributed by atoms with Crippen molar-refractivity contribution < 1.29 is 9.53 Å². The van der Waals surface area contributed by atoms with Crippen LogP contribution < -0.4 is 4.74 Å². The molecule has 1 fully saturated rings. The van der Waals surface area contributed by atoms with Crippen LogP contribution in [0.5, 0.6) is 5.75 Å². The molecule has 2 aromatic rings. The molecule has 1 saturated heterocycles. The maximum atomic E-state index is 12.5. The van der Waals surface area contributed by atoms with Crippen molar-refractivity contribution in [2.24, 2.45) is 0 Å². The third-order valence-corrected chi connectivity index (χ3v) is 4.17. The summed E-state index contributed by atoms with van der Waals surface area (Å²) < 4.78 is 7.18. The van der Waals surface area contributed by atoms with E-state index in [1.807, 2.05) is 24.0 Å². The Morgan fingerprint density at radius 3 is 2.87 bits per heavy atom. The molecule has 6 heteroatoms. The van der Waals surface area contributed by atoms with E-state index in [1.54, 1.807) is 11.0 Å². The molecule has 1 aromatic heterocycles. The Kier molecular flexibility index (Phi) is 4.90. The number of benzene rings is 1. The molecule has 0 spiro atoms. The molecule has 6 nitrogen and oxygen atoms in total. The molecule has 23 heavy (non-hydrogen) atoms. The van der Waals surface area contributed by atoms with Gasteiger partial charge in [0.2, 0.25) is 5.91 Å². The van der Waals surface area contributed by atoms with Gasteiger partial charge in [-0.15, -0.1) is 0 Å². The summed E-state index contributed by atoms with van der Waals surface area (Å²) in [5.41, 5.74) is 1.18. The summed E-state index contributed by atoms with van der Waals surface area (Å²) in [4.78, 5) is 18.4. The lowest BCUT2D eigenvalue weighted by Crippen LogP contribution is -2.31. The number of rotatable bonds is 6. The van der Waals surface area contributed by atoms with Crippen molar-refractivity contribution in [1.29, 1.82) is 0 Å². The van der Waals surface area contributed by atoms with Crippen LogP contribution in [0.15, 0.2) is 36.9 Å². The van der Waals surface area contributed by atoms with E-state index in [9.17, 15) is 4.79 Å². The van der Waals surface area contributed by atoms with Gasteiger partial charge in [-0.1, -0.05) is 12.1 Å². The number of aromatic nitrogens is 3. The second-order valence-corrected chi connectivity index (χ2v) is 5.66. The van der Waals surface area contributed by atoms with Gasteiger partial charge < -0.3 is 9.64 Å². The van der Waals surface area contributed by atoms with E-state index in [4.69, 9.17) is 4.74 Å². The summed E-state index contributed by atoms with van der Waals surface area (Å²) >= 11 is 0. The van der Waals surface area contributed by atoms with Crippen LogP contribution in [0.25, 0.3) is 0 Å². The monoisotopic (exact) mass is 314 g/mol. The van der Waals surface area contributed by atoms with Gasteiger partial charge in [-0.05, 0) is 37.5 Å². The van der Waals surface area contributed by atoms with E-state index >= 15 is 0 Å². The average molecular weight is 314 g/mol. The largest absolute Gasteiger partial charge is 0.494 e. The number of carbonyl (C=O) groups is 1. The highest BCUT2D eigenvalue weighted by Crippen LogP contribution is 2.33. The Balaban J connectivity index is 1.63. The quantitative estimate of drug-likeness (QED) is 0.821. The van der Waals surface area contributed by atoms with Crippen LogP contribution in [0.2, 0.25) is 0 Å². The standard InChI is InChI=1S/C17H22N4O2/c1-2-23-15-7-5-14(6-8-15)16-4-3-10-21(16)17(22)9-11-20-13-18-12-19-20/h5-8,12-13,16H,2-4,9-11H2,1H3/t16-/m1/s1. The third-order valence-electron chi connectivity index (χ3n) is 4.17. The average Bonchev–Trinajstić information content (AvgIpc) is 3.25. The number of nitrogens with zero attached hydrogens (tertiary/aromatic N) is 4. The zero-order valence-corrected chi connectivity index (χ0v) is 13.4. The molecule has 3 rings (SSSR count). The molecule has 1 aromatic carbocycles. The summed E-state index contributed by atoms with van der Waals surface area (Å²) in [6.45, 7) is 4.04. The highest BCUT2D eigenvalue weighted by atomic mass is 16.5. The topological polar surface area (TPSA) is 60.2 Å². The zero-order chi connectivity index (χ0) is 16.1. The number of carbonyl (C=O) groups excluding carboxylic acids is 1. The van der Waals surface area contributed by atoms with Gasteiger partial charge in [0, 0.05) is 13.0 Å². The van der Waals surface area contributed by atoms with Crippen molar-refractivity contribution in [1.82, 2.24) is 19.7 Å². The number of amides is 1. The molecule has 2 heterocycles. The molecule has 1 atom stereocenters. The predicted octanol–water partition coefficient (Wildman–Crippen LogP) is 2.43. The zero-order valence-electron chi connectivity index (χ0n) is 13.4. The number of ether oxygens (including phenoxy) is 1. The summed E-state index contributed by atoms with van der Waals surface area (Å²) in [5, 5.41) is 4.04. The first-order chi connectivity index (χ1) is 11.3. The van der Waals surface area contributed by atoms with Gasteiger partial charge in [0.1, 0.15) is 18.4 Å². The first kappa shape index (κ1) is 15.5. The fourth-order valence-electron chi connectivity index (χ4n) is 3.07. The predicted molar refractivity (Wildman–Crippen MR) is 85.9 cm³/mol. The highest BCUT2D eigenvalue weighted by molar-refractivity contribution is 5.77. The van der Waals surface area contributed by atoms with Crippen LogP contribution in [0.1, 0.15) is 37.8 Å². The first-order valence-corrected chi connectivity index (χ1v) is 8.12. The lowest BCUT2D eigenvalue weighted by molar-refractivity contribution is -0.132. The minimum atomic E-state index is 0.175. The molecular formula is C17H22N4O2. The van der Waals surface area contributed by atoms with Gasteiger partial charge in [-0.25, -0.2) is 4.98 Å². The first-order valence-electron chi connectivity index (χ1n) is 8.12. The Morgan fingerprint density at radius 2 is 2.17 bits per heavy atom. The van der Waals surface area contributed by atoms with Crippen molar-refractivity contribution in [3.63, 3.8) is 0 Å². The summed E-state index contributed by atoms with van der Waals surface area (Å²) in [5.74, 6) is 1.05. The SMILES string of the molecule is CCOc1ccc([C@H]2CCCN2C(=O)CCn2cncn2)cc1. The summed E-state index contributed by atoms with van der Waals surface area (Å²) in [6.07, 6.45) is 5.65. The minimum Gasteiger partial charge on any atom is -0.494 e. The fraction of sp³-hybridized carbons (Fsp3) is 0.471. The van der Waals surface area contributed by atoms with Crippen molar-refractivity contribution in [2.75, 3.05) is 13.2 Å². The summed E-state index contributed by atoms with van der Waals surface area (Å²) in [7, 11) is 0. The number of likely N-dealkylation sites (tertiary alicyclic amines) is 1. The van der Waals surface area contributed by atoms with Crippen molar-refractivity contribution in [3.05, 3.63) is 42.5 Å². The molecule has 0 aliphatic carbocycles. The second-order valence-electron chi connectivity index (χ2n) is 5.66. The van der Waals surface area contributed by atoms with Crippen molar-refractivity contribution >= 4 is 5.91 Å². The molecular weight excluding hydrogens is 292 g/mol. The van der Waals surface area contributed by atoms with E-state index in [0.717, 1.165) is 25.1 Å². The van der Waals surface area contributed by atoms with Crippen LogP contribution in [0.4, 0.5) is 0 Å². The Morgan fingerprint density at radius 1 is 1.35 bits per heavy atom. The molecule has 0 radical (unpaired) electrons. The lowest BCUT2D eigenvalue weighted by Gasteiger charge is -2.25. The van der Waals surface area contributed by atoms with Crippen molar-refractivity contribution in [2.45, 2.75) is 38.8 Å². The van der Waals surface area contributed by atoms with E-state index in [-0.39, 0.29) is 11.9 Å². The molecule has 1 aliphatic heterocycles. The maximum Gasteiger partial charge on any atom is 0.224 e. The van der Waals surface area contributed by atoms with E-state index in [0.29, 0.717) is 19.6 Å². The molecule has 0 N–H and O–H groups in total. The van der Waals surface area contributed by atoms with Crippen LogP contribution >= 0.6 is 0 Å². The molecule has 1 aliphatic rings.